The van der Waals surface area contributed by atoms with Crippen LogP contribution in [0.3, 0.4) is 0 Å². The van der Waals surface area contributed by atoms with Gasteiger partial charge in [-0.05, 0) is 96.8 Å². The van der Waals surface area contributed by atoms with Crippen LogP contribution in [0.5, 0.6) is 5.88 Å². The van der Waals surface area contributed by atoms with Crippen LogP contribution >= 0.6 is 11.6 Å². The minimum Gasteiger partial charge on any atom is -0.476 e. The third-order valence-corrected chi connectivity index (χ3v) is 14.2. The van der Waals surface area contributed by atoms with Gasteiger partial charge in [0.25, 0.3) is 21.6 Å². The van der Waals surface area contributed by atoms with Crippen LogP contribution in [0.4, 0.5) is 28.4 Å². The van der Waals surface area contributed by atoms with E-state index in [1.807, 2.05) is 35.2 Å². The van der Waals surface area contributed by atoms with Crippen LogP contribution in [0.1, 0.15) is 55.5 Å². The fourth-order valence-electron chi connectivity index (χ4n) is 9.06. The van der Waals surface area contributed by atoms with Crippen molar-refractivity contribution in [2.24, 2.45) is 5.41 Å². The molecular weight excluding hydrogens is 874 g/mol. The van der Waals surface area contributed by atoms with Gasteiger partial charge in [-0.2, -0.15) is 4.98 Å². The van der Waals surface area contributed by atoms with E-state index in [1.165, 1.54) is 28.8 Å². The van der Waals surface area contributed by atoms with Crippen LogP contribution in [0, 0.1) is 15.5 Å². The second-order valence-corrected chi connectivity index (χ2v) is 19.8. The Labute approximate surface area is 382 Å². The lowest BCUT2D eigenvalue weighted by Gasteiger charge is -2.39. The van der Waals surface area contributed by atoms with Gasteiger partial charge in [0.1, 0.15) is 11.4 Å². The fraction of sp³-hybridized carbons (Fsp3) is 0.404. The summed E-state index contributed by atoms with van der Waals surface area (Å²) in [6, 6.07) is 20.7. The number of carbonyl (C=O) groups is 1. The molecule has 4 aliphatic rings. The Morgan fingerprint density at radius 2 is 1.78 bits per heavy atom. The molecule has 18 heteroatoms. The van der Waals surface area contributed by atoms with Crippen molar-refractivity contribution in [2.45, 2.75) is 50.5 Å². The van der Waals surface area contributed by atoms with Crippen LogP contribution < -0.4 is 24.6 Å². The predicted octanol–water partition coefficient (Wildman–Crippen LogP) is 8.04. The highest BCUT2D eigenvalue weighted by molar-refractivity contribution is 7.90. The number of furan rings is 1. The number of hydrogen-bond donors (Lipinski definition) is 2. The quantitative estimate of drug-likeness (QED) is 0.0906. The highest BCUT2D eigenvalue weighted by Gasteiger charge is 2.32. The summed E-state index contributed by atoms with van der Waals surface area (Å²) in [4.78, 5) is 36.8. The Hall–Kier alpha value is -5.72. The number of allylic oxidation sites excluding steroid dienone is 1. The predicted molar refractivity (Wildman–Crippen MR) is 249 cm³/mol. The maximum absolute atomic E-state index is 14.4. The lowest BCUT2D eigenvalue weighted by molar-refractivity contribution is -0.384. The molecule has 3 aromatic carbocycles. The normalized spacial score (nSPS) is 19.3. The first kappa shape index (κ1) is 44.5. The van der Waals surface area contributed by atoms with Crippen molar-refractivity contribution in [3.05, 3.63) is 111 Å². The summed E-state index contributed by atoms with van der Waals surface area (Å²) in [5, 5.41) is 16.6. The minimum atomic E-state index is -4.60. The number of benzene rings is 3. The van der Waals surface area contributed by atoms with E-state index in [0.717, 1.165) is 74.1 Å². The number of pyridine rings is 1. The second kappa shape index (κ2) is 18.6. The van der Waals surface area contributed by atoms with Crippen LogP contribution in [0.15, 0.2) is 93.9 Å². The number of nitro benzene ring substituents is 1. The monoisotopic (exact) mass is 925 g/mol. The zero-order valence-electron chi connectivity index (χ0n) is 36.4. The third-order valence-electron chi connectivity index (χ3n) is 12.6. The number of carbonyl (C=O) groups excluding carboxylic acids is 1. The molecule has 2 saturated heterocycles. The Bertz CT molecular complexity index is 2730. The second-order valence-electron chi connectivity index (χ2n) is 17.7. The van der Waals surface area contributed by atoms with Gasteiger partial charge in [0, 0.05) is 68.0 Å². The number of nitro groups is 1. The summed E-state index contributed by atoms with van der Waals surface area (Å²) in [6.07, 6.45) is 4.98. The summed E-state index contributed by atoms with van der Waals surface area (Å²) in [7, 11) is -4.60. The Balaban J connectivity index is 0.986. The lowest BCUT2D eigenvalue weighted by Crippen LogP contribution is -2.47. The minimum absolute atomic E-state index is 0.0838. The number of nitrogens with one attached hydrogen (secondary N) is 2. The molecule has 5 aromatic rings. The number of halogens is 1. The average molecular weight is 926 g/mol. The Morgan fingerprint density at radius 3 is 2.55 bits per heavy atom. The molecule has 0 spiro atoms. The van der Waals surface area contributed by atoms with Crippen LogP contribution in [0.25, 0.3) is 16.7 Å². The van der Waals surface area contributed by atoms with Gasteiger partial charge in [-0.1, -0.05) is 43.2 Å². The smallest absolute Gasteiger partial charge is 0.293 e. The fourth-order valence-corrected chi connectivity index (χ4v) is 10.2. The van der Waals surface area contributed by atoms with E-state index in [-0.39, 0.29) is 29.3 Å². The zero-order chi connectivity index (χ0) is 45.3. The van der Waals surface area contributed by atoms with E-state index in [9.17, 15) is 23.3 Å². The first-order valence-electron chi connectivity index (χ1n) is 22.0. The zero-order valence-corrected chi connectivity index (χ0v) is 38.0. The van der Waals surface area contributed by atoms with Crippen molar-refractivity contribution in [1.29, 1.82) is 0 Å². The van der Waals surface area contributed by atoms with Gasteiger partial charge < -0.3 is 33.7 Å². The number of sulfonamides is 1. The van der Waals surface area contributed by atoms with Crippen molar-refractivity contribution >= 4 is 72.6 Å². The Kier molecular flexibility index (Phi) is 12.8. The van der Waals surface area contributed by atoms with E-state index in [1.54, 1.807) is 18.4 Å². The number of amides is 1. The lowest BCUT2D eigenvalue weighted by atomic mass is 9.72. The van der Waals surface area contributed by atoms with Gasteiger partial charge in [-0.15, -0.1) is 0 Å². The molecule has 1 atom stereocenters. The molecule has 3 aliphatic heterocycles. The third kappa shape index (κ3) is 9.94. The largest absolute Gasteiger partial charge is 0.476 e. The molecule has 0 saturated carbocycles. The number of piperazine rings is 1. The molecule has 2 N–H and O–H groups in total. The summed E-state index contributed by atoms with van der Waals surface area (Å²) in [6.45, 7) is 10.9. The van der Waals surface area contributed by atoms with Crippen molar-refractivity contribution < 1.29 is 36.8 Å². The first-order chi connectivity index (χ1) is 31.3. The number of nitrogens with zero attached hydrogens (tertiary/aromatic N) is 5. The van der Waals surface area contributed by atoms with Gasteiger partial charge in [-0.25, -0.2) is 13.1 Å². The molecule has 5 heterocycles. The number of fused-ring (bicyclic) bond motifs is 2. The van der Waals surface area contributed by atoms with Crippen LogP contribution in [-0.4, -0.2) is 107 Å². The van der Waals surface area contributed by atoms with E-state index in [0.29, 0.717) is 62.4 Å². The number of rotatable bonds is 12. The van der Waals surface area contributed by atoms with E-state index in [2.05, 4.69) is 50.8 Å². The van der Waals surface area contributed by atoms with Gasteiger partial charge >= 0.3 is 0 Å². The topological polar surface area (TPSA) is 182 Å². The SMILES string of the molecule is CC1(C)CCC(CN2CCN(c3ccc(C(=O)NS(=O)(=O)c4ccc(NCC5COCCO5)c([N+](=O)[O-])c4)c(N4CCCOc5nc6occc6cc54)c3)CC2)=C(c2ccc(Cl)cc2)C1. The van der Waals surface area contributed by atoms with Crippen molar-refractivity contribution in [1.82, 2.24) is 14.6 Å². The number of hydrogen-bond acceptors (Lipinski definition) is 14. The Morgan fingerprint density at radius 1 is 0.969 bits per heavy atom. The molecule has 2 aromatic heterocycles. The number of ether oxygens (including phenoxy) is 3. The molecule has 2 fully saturated rings. The van der Waals surface area contributed by atoms with Crippen LogP contribution in [-0.2, 0) is 19.5 Å². The molecule has 1 unspecified atom stereocenters. The number of aromatic nitrogens is 1. The summed E-state index contributed by atoms with van der Waals surface area (Å²) < 4.78 is 52.7. The molecule has 0 bridgehead atoms. The molecule has 342 valence electrons. The molecule has 65 heavy (non-hydrogen) atoms. The van der Waals surface area contributed by atoms with Crippen molar-refractivity contribution in [3.8, 4) is 5.88 Å². The molecule has 0 radical (unpaired) electrons. The highest BCUT2D eigenvalue weighted by atomic mass is 35.5. The van der Waals surface area contributed by atoms with Crippen LogP contribution in [0.2, 0.25) is 5.02 Å². The van der Waals surface area contributed by atoms with Crippen molar-refractivity contribution in [2.75, 3.05) is 87.4 Å². The molecule has 16 nitrogen and oxygen atoms in total. The summed E-state index contributed by atoms with van der Waals surface area (Å²) in [5.74, 6) is -0.579. The van der Waals surface area contributed by atoms with Gasteiger partial charge in [0.05, 0.1) is 59.9 Å². The standard InChI is InChI=1S/C47H52ClN7O9S/c1-47(2)14-12-33(39(27-47)31-4-6-34(48)7-5-31)29-52-16-18-53(19-17-52)35-8-10-38(41(25-35)54-15-3-20-63-46-43(54)24-32-13-21-64-45(32)50-46)44(56)51-65(59,60)37-9-11-40(42(26-37)55(57)58)49-28-36-30-61-22-23-62-36/h4-11,13,21,24-26,36,49H,3,12,14-20,22-23,27-30H2,1-2H3,(H,51,56). The van der Waals surface area contributed by atoms with E-state index < -0.39 is 31.4 Å². The first-order valence-corrected chi connectivity index (χ1v) is 23.8. The molecule has 1 aliphatic carbocycles. The maximum atomic E-state index is 14.4. The maximum Gasteiger partial charge on any atom is 0.293 e. The highest BCUT2D eigenvalue weighted by Crippen LogP contribution is 2.44. The van der Waals surface area contributed by atoms with E-state index in [4.69, 9.17) is 30.2 Å². The number of anilines is 4. The summed E-state index contributed by atoms with van der Waals surface area (Å²) in [5.41, 5.74) is 6.37. The average Bonchev–Trinajstić information content (AvgIpc) is 3.66. The molecule has 9 rings (SSSR count). The molecule has 1 amide bonds. The summed E-state index contributed by atoms with van der Waals surface area (Å²) >= 11 is 6.27. The van der Waals surface area contributed by atoms with Gasteiger partial charge in [0.2, 0.25) is 11.6 Å². The van der Waals surface area contributed by atoms with Gasteiger partial charge in [-0.3, -0.25) is 19.8 Å². The van der Waals surface area contributed by atoms with Crippen molar-refractivity contribution in [3.63, 3.8) is 0 Å². The van der Waals surface area contributed by atoms with E-state index >= 15 is 0 Å². The van der Waals surface area contributed by atoms with Gasteiger partial charge in [0.15, 0.2) is 0 Å². The molecular formula is C47H52ClN7O9S.